The van der Waals surface area contributed by atoms with E-state index in [0.717, 1.165) is 11.0 Å². The molecule has 0 radical (unpaired) electrons. The Hall–Kier alpha value is -0.430. The van der Waals surface area contributed by atoms with E-state index in [1.165, 1.54) is 0 Å². The number of fused-ring (bicyclic) bond motifs is 1. The van der Waals surface area contributed by atoms with Gasteiger partial charge >= 0.3 is 0 Å². The molecule has 0 saturated carbocycles. The Bertz CT molecular complexity index is 412. The van der Waals surface area contributed by atoms with Crippen LogP contribution >= 0.6 is 30.3 Å². The van der Waals surface area contributed by atoms with Gasteiger partial charge < -0.3 is 5.73 Å². The van der Waals surface area contributed by atoms with Gasteiger partial charge in [-0.1, -0.05) is 0 Å². The standard InChI is InChI=1S/C7H6IN3S/c8-12-11-2-1-5-3-6(9)4-10-7(5)11/h1-4H,9H2. The van der Waals surface area contributed by atoms with E-state index in [4.69, 9.17) is 5.73 Å². The third-order valence-corrected chi connectivity index (χ3v) is 3.31. The minimum Gasteiger partial charge on any atom is -0.397 e. The van der Waals surface area contributed by atoms with Gasteiger partial charge in [0, 0.05) is 41.9 Å². The molecular formula is C7H6IN3S. The van der Waals surface area contributed by atoms with E-state index >= 15 is 0 Å². The molecule has 62 valence electrons. The van der Waals surface area contributed by atoms with Gasteiger partial charge in [0.2, 0.25) is 0 Å². The van der Waals surface area contributed by atoms with Gasteiger partial charge in [-0.15, -0.1) is 0 Å². The van der Waals surface area contributed by atoms with Crippen molar-refractivity contribution in [2.45, 2.75) is 0 Å². The first kappa shape index (κ1) is 8.18. The Morgan fingerprint density at radius 1 is 1.58 bits per heavy atom. The van der Waals surface area contributed by atoms with Gasteiger partial charge in [-0.25, -0.2) is 4.98 Å². The molecule has 0 aliphatic rings. The third kappa shape index (κ3) is 1.27. The minimum absolute atomic E-state index is 0.707. The summed E-state index contributed by atoms with van der Waals surface area (Å²) in [5.74, 6) is 0. The molecule has 5 heteroatoms. The van der Waals surface area contributed by atoms with E-state index < -0.39 is 0 Å². The van der Waals surface area contributed by atoms with Crippen LogP contribution in [0.2, 0.25) is 0 Å². The van der Waals surface area contributed by atoms with Crippen molar-refractivity contribution in [1.29, 1.82) is 0 Å². The molecule has 0 aromatic carbocycles. The lowest BCUT2D eigenvalue weighted by atomic mass is 10.3. The van der Waals surface area contributed by atoms with Crippen LogP contribution in [-0.4, -0.2) is 8.96 Å². The second kappa shape index (κ2) is 3.14. The monoisotopic (exact) mass is 291 g/mol. The zero-order valence-electron chi connectivity index (χ0n) is 6.07. The van der Waals surface area contributed by atoms with Gasteiger partial charge in [-0.3, -0.25) is 3.97 Å². The first-order valence-electron chi connectivity index (χ1n) is 3.33. The van der Waals surface area contributed by atoms with Crippen molar-refractivity contribution in [2.24, 2.45) is 0 Å². The zero-order valence-corrected chi connectivity index (χ0v) is 9.04. The number of nitrogens with two attached hydrogens (primary N) is 1. The maximum atomic E-state index is 5.59. The Labute approximate surface area is 86.1 Å². The lowest BCUT2D eigenvalue weighted by Gasteiger charge is -1.96. The molecule has 2 aromatic rings. The number of pyridine rings is 1. The predicted molar refractivity (Wildman–Crippen MR) is 61.2 cm³/mol. The molecule has 2 rings (SSSR count). The number of rotatable bonds is 1. The summed E-state index contributed by atoms with van der Waals surface area (Å²) in [6.45, 7) is 0. The van der Waals surface area contributed by atoms with Crippen LogP contribution in [-0.2, 0) is 0 Å². The number of anilines is 1. The summed E-state index contributed by atoms with van der Waals surface area (Å²) in [5, 5.41) is 1.08. The van der Waals surface area contributed by atoms with Crippen LogP contribution in [0.25, 0.3) is 11.0 Å². The number of nitrogens with zero attached hydrogens (tertiary/aromatic N) is 2. The van der Waals surface area contributed by atoms with Gasteiger partial charge in [0.25, 0.3) is 0 Å². The largest absolute Gasteiger partial charge is 0.397 e. The zero-order chi connectivity index (χ0) is 8.55. The Morgan fingerprint density at radius 3 is 3.17 bits per heavy atom. The fraction of sp³-hybridized carbons (Fsp3) is 0. The molecule has 2 N–H and O–H groups in total. The molecule has 0 spiro atoms. The average Bonchev–Trinajstić information content (AvgIpc) is 2.46. The number of halogens is 1. The SMILES string of the molecule is Nc1cnc2c(ccn2SI)c1. The second-order valence-electron chi connectivity index (χ2n) is 2.39. The summed E-state index contributed by atoms with van der Waals surface area (Å²) in [5.41, 5.74) is 7.26. The van der Waals surface area contributed by atoms with Crippen molar-refractivity contribution in [1.82, 2.24) is 8.96 Å². The van der Waals surface area contributed by atoms with Gasteiger partial charge in [0.05, 0.1) is 11.9 Å². The predicted octanol–water partition coefficient (Wildman–Crippen LogP) is 2.46. The lowest BCUT2D eigenvalue weighted by Crippen LogP contribution is -1.87. The molecule has 0 fully saturated rings. The highest BCUT2D eigenvalue weighted by atomic mass is 127. The van der Waals surface area contributed by atoms with Gasteiger partial charge in [0.1, 0.15) is 0 Å². The maximum Gasteiger partial charge on any atom is 0.150 e. The Morgan fingerprint density at radius 2 is 2.42 bits per heavy atom. The van der Waals surface area contributed by atoms with E-state index in [1.807, 2.05) is 22.3 Å². The highest BCUT2D eigenvalue weighted by Crippen LogP contribution is 2.23. The summed E-state index contributed by atoms with van der Waals surface area (Å²) < 4.78 is 2.00. The van der Waals surface area contributed by atoms with Crippen LogP contribution in [0, 0.1) is 0 Å². The van der Waals surface area contributed by atoms with Crippen molar-refractivity contribution in [3.05, 3.63) is 24.5 Å². The summed E-state index contributed by atoms with van der Waals surface area (Å²) in [6, 6.07) is 3.93. The van der Waals surface area contributed by atoms with Crippen molar-refractivity contribution in [3.63, 3.8) is 0 Å². The summed E-state index contributed by atoms with van der Waals surface area (Å²) in [4.78, 5) is 4.22. The number of hydrogen-bond acceptors (Lipinski definition) is 3. The van der Waals surface area contributed by atoms with E-state index in [-0.39, 0.29) is 0 Å². The first-order chi connectivity index (χ1) is 5.81. The fourth-order valence-electron chi connectivity index (χ4n) is 1.07. The van der Waals surface area contributed by atoms with E-state index in [2.05, 4.69) is 26.2 Å². The molecule has 0 unspecified atom stereocenters. The quantitative estimate of drug-likeness (QED) is 0.821. The van der Waals surface area contributed by atoms with Crippen LogP contribution in [0.15, 0.2) is 24.5 Å². The normalized spacial score (nSPS) is 10.8. The average molecular weight is 291 g/mol. The molecule has 2 aromatic heterocycles. The van der Waals surface area contributed by atoms with Gasteiger partial charge in [-0.05, 0) is 12.1 Å². The Balaban J connectivity index is 2.73. The Kier molecular flexibility index (Phi) is 2.14. The molecule has 0 amide bonds. The van der Waals surface area contributed by atoms with Crippen LogP contribution < -0.4 is 5.73 Å². The van der Waals surface area contributed by atoms with Crippen molar-refractivity contribution in [2.75, 3.05) is 5.73 Å². The van der Waals surface area contributed by atoms with Gasteiger partial charge in [0.15, 0.2) is 5.65 Å². The van der Waals surface area contributed by atoms with Crippen LogP contribution in [0.4, 0.5) is 5.69 Å². The van der Waals surface area contributed by atoms with Crippen molar-refractivity contribution in [3.8, 4) is 0 Å². The number of nitrogen functional groups attached to an aromatic ring is 1. The van der Waals surface area contributed by atoms with E-state index in [1.54, 1.807) is 15.3 Å². The smallest absolute Gasteiger partial charge is 0.150 e. The number of aromatic nitrogens is 2. The highest BCUT2D eigenvalue weighted by Gasteiger charge is 2.00. The first-order valence-corrected chi connectivity index (χ1v) is 6.64. The molecule has 3 nitrogen and oxygen atoms in total. The van der Waals surface area contributed by atoms with Crippen LogP contribution in [0.1, 0.15) is 0 Å². The topological polar surface area (TPSA) is 43.8 Å². The highest BCUT2D eigenvalue weighted by molar-refractivity contribution is 14.2. The lowest BCUT2D eigenvalue weighted by molar-refractivity contribution is 1.27. The van der Waals surface area contributed by atoms with Crippen LogP contribution in [0.3, 0.4) is 0 Å². The van der Waals surface area contributed by atoms with E-state index in [9.17, 15) is 0 Å². The van der Waals surface area contributed by atoms with Crippen molar-refractivity contribution >= 4 is 47.0 Å². The molecule has 0 aliphatic carbocycles. The molecule has 12 heavy (non-hydrogen) atoms. The summed E-state index contributed by atoms with van der Waals surface area (Å²) in [6.07, 6.45) is 3.65. The molecule has 0 bridgehead atoms. The van der Waals surface area contributed by atoms with Gasteiger partial charge in [-0.2, -0.15) is 0 Å². The summed E-state index contributed by atoms with van der Waals surface area (Å²) in [7, 11) is 1.59. The molecule has 2 heterocycles. The van der Waals surface area contributed by atoms with E-state index in [0.29, 0.717) is 5.69 Å². The number of hydrogen-bond donors (Lipinski definition) is 1. The van der Waals surface area contributed by atoms with Crippen molar-refractivity contribution < 1.29 is 0 Å². The minimum atomic E-state index is 0.707. The molecule has 0 atom stereocenters. The second-order valence-corrected chi connectivity index (χ2v) is 4.11. The third-order valence-electron chi connectivity index (χ3n) is 1.59. The maximum absolute atomic E-state index is 5.59. The summed E-state index contributed by atoms with van der Waals surface area (Å²) >= 11 is 2.22. The molecule has 0 aliphatic heterocycles. The molecule has 0 saturated heterocycles. The molecular weight excluding hydrogens is 285 g/mol. The fourth-order valence-corrected chi connectivity index (χ4v) is 2.35. The van der Waals surface area contributed by atoms with Crippen LogP contribution in [0.5, 0.6) is 0 Å².